The van der Waals surface area contributed by atoms with Crippen molar-refractivity contribution in [1.29, 1.82) is 0 Å². The molecule has 0 saturated heterocycles. The summed E-state index contributed by atoms with van der Waals surface area (Å²) in [5.74, 6) is 0.638. The van der Waals surface area contributed by atoms with Gasteiger partial charge in [-0.1, -0.05) is 37.6 Å². The smallest absolute Gasteiger partial charge is 0.156 e. The van der Waals surface area contributed by atoms with E-state index < -0.39 is 0 Å². The number of aromatic nitrogens is 2. The van der Waals surface area contributed by atoms with E-state index >= 15 is 0 Å². The molecule has 1 aromatic carbocycles. The number of ether oxygens (including phenoxy) is 1. The average Bonchev–Trinajstić information content (AvgIpc) is 3.00. The number of ketones is 1. The van der Waals surface area contributed by atoms with Crippen molar-refractivity contribution in [3.05, 3.63) is 60.2 Å². The van der Waals surface area contributed by atoms with E-state index in [1.807, 2.05) is 29.8 Å². The van der Waals surface area contributed by atoms with Gasteiger partial charge in [-0.05, 0) is 25.8 Å². The third-order valence-electron chi connectivity index (χ3n) is 3.52. The van der Waals surface area contributed by atoms with Crippen LogP contribution in [-0.4, -0.2) is 21.4 Å². The molecule has 4 heteroatoms. The van der Waals surface area contributed by atoms with Crippen molar-refractivity contribution < 1.29 is 9.53 Å². The van der Waals surface area contributed by atoms with Gasteiger partial charge in [-0.2, -0.15) is 0 Å². The Hall–Kier alpha value is -2.36. The Bertz CT molecular complexity index is 643. The lowest BCUT2D eigenvalue weighted by molar-refractivity contribution is -0.112. The fraction of sp³-hybridized carbons (Fsp3) is 0.368. The first-order valence-corrected chi connectivity index (χ1v) is 8.02. The number of hydrogen-bond acceptors (Lipinski definition) is 3. The van der Waals surface area contributed by atoms with E-state index in [2.05, 4.69) is 24.0 Å². The molecular weight excluding hydrogens is 288 g/mol. The van der Waals surface area contributed by atoms with Crippen molar-refractivity contribution >= 4 is 11.5 Å². The molecule has 0 aliphatic rings. The topological polar surface area (TPSA) is 44.1 Å². The maximum absolute atomic E-state index is 11.5. The molecular formula is C19H24N2O2. The summed E-state index contributed by atoms with van der Waals surface area (Å²) < 4.78 is 7.97. The number of nitrogens with zero attached hydrogens (tertiary/aromatic N) is 2. The van der Waals surface area contributed by atoms with E-state index in [9.17, 15) is 4.79 Å². The molecule has 0 amide bonds. The van der Waals surface area contributed by atoms with Crippen LogP contribution in [0.1, 0.15) is 44.7 Å². The van der Waals surface area contributed by atoms with Crippen LogP contribution in [0.25, 0.3) is 5.76 Å². The lowest BCUT2D eigenvalue weighted by atomic mass is 10.1. The van der Waals surface area contributed by atoms with E-state index in [0.29, 0.717) is 5.76 Å². The maximum Gasteiger partial charge on any atom is 0.156 e. The third kappa shape index (κ3) is 5.40. The Morgan fingerprint density at radius 2 is 2.09 bits per heavy atom. The number of rotatable bonds is 8. The summed E-state index contributed by atoms with van der Waals surface area (Å²) in [4.78, 5) is 15.5. The second kappa shape index (κ2) is 8.32. The highest BCUT2D eigenvalue weighted by Crippen LogP contribution is 2.20. The van der Waals surface area contributed by atoms with E-state index in [1.165, 1.54) is 5.56 Å². The maximum atomic E-state index is 11.5. The summed E-state index contributed by atoms with van der Waals surface area (Å²) in [6.07, 6.45) is 9.18. The summed E-state index contributed by atoms with van der Waals surface area (Å²) in [5, 5.41) is 0. The second-order valence-electron chi connectivity index (χ2n) is 5.77. The van der Waals surface area contributed by atoms with Crippen LogP contribution in [0.3, 0.4) is 0 Å². The number of carbonyl (C=O) groups is 1. The van der Waals surface area contributed by atoms with Gasteiger partial charge < -0.3 is 9.30 Å². The lowest BCUT2D eigenvalue weighted by Crippen LogP contribution is -2.08. The van der Waals surface area contributed by atoms with Crippen LogP contribution in [-0.2, 0) is 16.1 Å². The van der Waals surface area contributed by atoms with Gasteiger partial charge in [-0.15, -0.1) is 0 Å². The monoisotopic (exact) mass is 312 g/mol. The van der Waals surface area contributed by atoms with E-state index in [-0.39, 0.29) is 11.9 Å². The number of hydrogen-bond donors (Lipinski definition) is 0. The largest absolute Gasteiger partial charge is 0.490 e. The van der Waals surface area contributed by atoms with Gasteiger partial charge in [0.1, 0.15) is 5.76 Å². The first-order valence-electron chi connectivity index (χ1n) is 8.02. The van der Waals surface area contributed by atoms with Gasteiger partial charge in [0.2, 0.25) is 0 Å². The third-order valence-corrected chi connectivity index (χ3v) is 3.52. The van der Waals surface area contributed by atoms with Gasteiger partial charge >= 0.3 is 0 Å². The quantitative estimate of drug-likeness (QED) is 0.545. The van der Waals surface area contributed by atoms with Gasteiger partial charge in [0.05, 0.1) is 12.4 Å². The van der Waals surface area contributed by atoms with Gasteiger partial charge in [0.15, 0.2) is 5.78 Å². The van der Waals surface area contributed by atoms with Crippen LogP contribution in [0.2, 0.25) is 0 Å². The van der Waals surface area contributed by atoms with Gasteiger partial charge in [-0.3, -0.25) is 4.79 Å². The highest BCUT2D eigenvalue weighted by atomic mass is 16.5. The Labute approximate surface area is 137 Å². The van der Waals surface area contributed by atoms with Gasteiger partial charge in [0, 0.05) is 30.6 Å². The Kier molecular flexibility index (Phi) is 6.15. The number of carbonyl (C=O) groups excluding carboxylic acids is 1. The minimum absolute atomic E-state index is 0.00816. The molecule has 2 aromatic rings. The summed E-state index contributed by atoms with van der Waals surface area (Å²) in [6.45, 7) is 6.48. The standard InChI is InChI=1S/C19H24N2O2/c1-4-5-16(3)23-19(12-15(2)22)18-8-6-17(7-9-18)13-21-11-10-20-14-21/h6-12,14,16H,4-5,13H2,1-3H3. The van der Waals surface area contributed by atoms with Crippen molar-refractivity contribution in [3.8, 4) is 0 Å². The molecule has 0 bridgehead atoms. The molecule has 1 aromatic heterocycles. The number of allylic oxidation sites excluding steroid dienone is 1. The molecule has 1 unspecified atom stereocenters. The highest BCUT2D eigenvalue weighted by Gasteiger charge is 2.09. The summed E-state index contributed by atoms with van der Waals surface area (Å²) in [5.41, 5.74) is 2.10. The molecule has 0 spiro atoms. The zero-order valence-corrected chi connectivity index (χ0v) is 14.0. The molecule has 1 atom stereocenters. The van der Waals surface area contributed by atoms with Crippen molar-refractivity contribution in [2.45, 2.75) is 46.3 Å². The minimum Gasteiger partial charge on any atom is -0.490 e. The van der Waals surface area contributed by atoms with Crippen LogP contribution in [0, 0.1) is 0 Å². The van der Waals surface area contributed by atoms with Crippen LogP contribution in [0.15, 0.2) is 49.1 Å². The molecule has 0 saturated carbocycles. The van der Waals surface area contributed by atoms with Gasteiger partial charge in [-0.25, -0.2) is 4.98 Å². The molecule has 2 rings (SSSR count). The molecule has 0 N–H and O–H groups in total. The predicted molar refractivity (Wildman–Crippen MR) is 91.9 cm³/mol. The van der Waals surface area contributed by atoms with Crippen LogP contribution in [0.5, 0.6) is 0 Å². The number of imidazole rings is 1. The average molecular weight is 312 g/mol. The molecule has 122 valence electrons. The molecule has 0 radical (unpaired) electrons. The fourth-order valence-electron chi connectivity index (χ4n) is 2.42. The molecule has 4 nitrogen and oxygen atoms in total. The Morgan fingerprint density at radius 3 is 2.65 bits per heavy atom. The Morgan fingerprint density at radius 1 is 1.35 bits per heavy atom. The minimum atomic E-state index is -0.00816. The van der Waals surface area contributed by atoms with Gasteiger partial charge in [0.25, 0.3) is 0 Å². The van der Waals surface area contributed by atoms with Crippen LogP contribution in [0.4, 0.5) is 0 Å². The van der Waals surface area contributed by atoms with E-state index in [1.54, 1.807) is 25.5 Å². The predicted octanol–water partition coefficient (Wildman–Crippen LogP) is 4.07. The lowest BCUT2D eigenvalue weighted by Gasteiger charge is -2.17. The SMILES string of the molecule is CCCC(C)OC(=CC(C)=O)c1ccc(Cn2ccnc2)cc1. The highest BCUT2D eigenvalue weighted by molar-refractivity contribution is 5.93. The Balaban J connectivity index is 2.13. The molecule has 23 heavy (non-hydrogen) atoms. The summed E-state index contributed by atoms with van der Waals surface area (Å²) in [7, 11) is 0. The zero-order valence-electron chi connectivity index (χ0n) is 14.0. The molecule has 1 heterocycles. The fourth-order valence-corrected chi connectivity index (χ4v) is 2.42. The van der Waals surface area contributed by atoms with E-state index in [0.717, 1.165) is 24.9 Å². The van der Waals surface area contributed by atoms with Crippen molar-refractivity contribution in [2.75, 3.05) is 0 Å². The number of benzene rings is 1. The van der Waals surface area contributed by atoms with E-state index in [4.69, 9.17) is 4.74 Å². The first-order chi connectivity index (χ1) is 11.1. The summed E-state index contributed by atoms with van der Waals surface area (Å²) in [6, 6.07) is 8.10. The zero-order chi connectivity index (χ0) is 16.7. The van der Waals surface area contributed by atoms with Crippen molar-refractivity contribution in [2.24, 2.45) is 0 Å². The molecule has 0 fully saturated rings. The molecule has 0 aliphatic heterocycles. The molecule has 0 aliphatic carbocycles. The van der Waals surface area contributed by atoms with Crippen LogP contribution < -0.4 is 0 Å². The van der Waals surface area contributed by atoms with Crippen LogP contribution >= 0.6 is 0 Å². The summed E-state index contributed by atoms with van der Waals surface area (Å²) >= 11 is 0. The first kappa shape index (κ1) is 17.0. The normalized spacial score (nSPS) is 12.9. The second-order valence-corrected chi connectivity index (χ2v) is 5.77. The van der Waals surface area contributed by atoms with Crippen molar-refractivity contribution in [3.63, 3.8) is 0 Å². The van der Waals surface area contributed by atoms with Crippen molar-refractivity contribution in [1.82, 2.24) is 9.55 Å².